The van der Waals surface area contributed by atoms with Crippen LogP contribution in [0.15, 0.2) is 5.38 Å². The topological polar surface area (TPSA) is 57.6 Å². The third-order valence-electron chi connectivity index (χ3n) is 3.49. The SMILES string of the molecule is CC(C)CN(CC(=O)O)C(=O)c1csc2c1CCCC2. The van der Waals surface area contributed by atoms with Gasteiger partial charge in [-0.25, -0.2) is 0 Å². The van der Waals surface area contributed by atoms with Crippen LogP contribution < -0.4 is 0 Å². The molecule has 0 atom stereocenters. The maximum Gasteiger partial charge on any atom is 0.323 e. The van der Waals surface area contributed by atoms with Gasteiger partial charge in [-0.15, -0.1) is 11.3 Å². The van der Waals surface area contributed by atoms with Crippen LogP contribution in [0, 0.1) is 5.92 Å². The fourth-order valence-electron chi connectivity index (χ4n) is 2.67. The van der Waals surface area contributed by atoms with Crippen molar-refractivity contribution < 1.29 is 14.7 Å². The number of aryl methyl sites for hydroxylation is 1. The van der Waals surface area contributed by atoms with Gasteiger partial charge in [0.05, 0.1) is 5.56 Å². The standard InChI is InChI=1S/C15H21NO3S/c1-10(2)7-16(8-14(17)18)15(19)12-9-20-13-6-4-3-5-11(12)13/h9-10H,3-8H2,1-2H3,(H,17,18). The third-order valence-corrected chi connectivity index (χ3v) is 4.58. The van der Waals surface area contributed by atoms with E-state index in [1.807, 2.05) is 19.2 Å². The van der Waals surface area contributed by atoms with Crippen molar-refractivity contribution in [3.63, 3.8) is 0 Å². The van der Waals surface area contributed by atoms with E-state index in [1.54, 1.807) is 11.3 Å². The summed E-state index contributed by atoms with van der Waals surface area (Å²) in [4.78, 5) is 26.3. The van der Waals surface area contributed by atoms with E-state index in [0.717, 1.165) is 30.4 Å². The van der Waals surface area contributed by atoms with Gasteiger partial charge in [0, 0.05) is 16.8 Å². The summed E-state index contributed by atoms with van der Waals surface area (Å²) in [5.41, 5.74) is 1.89. The second kappa shape index (κ2) is 6.39. The second-order valence-corrected chi connectivity index (χ2v) is 6.70. The molecule has 0 unspecified atom stereocenters. The molecule has 20 heavy (non-hydrogen) atoms. The molecule has 0 saturated heterocycles. The molecule has 0 aliphatic heterocycles. The zero-order valence-electron chi connectivity index (χ0n) is 12.0. The summed E-state index contributed by atoms with van der Waals surface area (Å²) < 4.78 is 0. The molecule has 110 valence electrons. The van der Waals surface area contributed by atoms with Gasteiger partial charge in [0.1, 0.15) is 6.54 Å². The lowest BCUT2D eigenvalue weighted by Gasteiger charge is -2.23. The number of carbonyl (C=O) groups excluding carboxylic acids is 1. The van der Waals surface area contributed by atoms with Gasteiger partial charge in [-0.2, -0.15) is 0 Å². The first-order chi connectivity index (χ1) is 9.49. The van der Waals surface area contributed by atoms with E-state index >= 15 is 0 Å². The third kappa shape index (κ3) is 3.39. The fraction of sp³-hybridized carbons (Fsp3) is 0.600. The van der Waals surface area contributed by atoms with E-state index in [0.29, 0.717) is 6.54 Å². The highest BCUT2D eigenvalue weighted by atomic mass is 32.1. The number of aliphatic carboxylic acids is 1. The Balaban J connectivity index is 2.22. The molecule has 0 bridgehead atoms. The van der Waals surface area contributed by atoms with Gasteiger partial charge < -0.3 is 10.0 Å². The smallest absolute Gasteiger partial charge is 0.323 e. The molecule has 0 radical (unpaired) electrons. The van der Waals surface area contributed by atoms with E-state index in [-0.39, 0.29) is 18.4 Å². The fourth-order valence-corrected chi connectivity index (χ4v) is 3.79. The van der Waals surface area contributed by atoms with Crippen LogP contribution in [0.4, 0.5) is 0 Å². The first kappa shape index (κ1) is 15.0. The normalized spacial score (nSPS) is 14.2. The number of carboxylic acids is 1. The molecule has 0 spiro atoms. The summed E-state index contributed by atoms with van der Waals surface area (Å²) in [7, 11) is 0. The average molecular weight is 295 g/mol. The summed E-state index contributed by atoms with van der Waals surface area (Å²) >= 11 is 1.64. The van der Waals surface area contributed by atoms with Gasteiger partial charge in [0.25, 0.3) is 5.91 Å². The molecule has 1 aliphatic carbocycles. The Hall–Kier alpha value is -1.36. The van der Waals surface area contributed by atoms with Crippen molar-refractivity contribution in [2.45, 2.75) is 39.5 Å². The lowest BCUT2D eigenvalue weighted by Crippen LogP contribution is -2.38. The Kier molecular flexibility index (Phi) is 4.81. The van der Waals surface area contributed by atoms with Crippen LogP contribution in [-0.2, 0) is 17.6 Å². The summed E-state index contributed by atoms with van der Waals surface area (Å²) in [6.45, 7) is 4.24. The highest BCUT2D eigenvalue weighted by Gasteiger charge is 2.25. The molecule has 1 aromatic rings. The maximum absolute atomic E-state index is 12.6. The Morgan fingerprint density at radius 2 is 2.05 bits per heavy atom. The molecule has 0 aromatic carbocycles. The van der Waals surface area contributed by atoms with E-state index in [4.69, 9.17) is 5.11 Å². The lowest BCUT2D eigenvalue weighted by molar-refractivity contribution is -0.137. The molecule has 0 fully saturated rings. The molecular weight excluding hydrogens is 274 g/mol. The van der Waals surface area contributed by atoms with Crippen LogP contribution >= 0.6 is 11.3 Å². The van der Waals surface area contributed by atoms with Crippen LogP contribution in [0.1, 0.15) is 47.5 Å². The number of rotatable bonds is 5. The summed E-state index contributed by atoms with van der Waals surface area (Å²) in [5.74, 6) is -0.823. The quantitative estimate of drug-likeness (QED) is 0.908. The lowest BCUT2D eigenvalue weighted by atomic mass is 9.95. The van der Waals surface area contributed by atoms with Crippen molar-refractivity contribution in [1.82, 2.24) is 4.90 Å². The van der Waals surface area contributed by atoms with Crippen LogP contribution in [0.5, 0.6) is 0 Å². The van der Waals surface area contributed by atoms with Gasteiger partial charge >= 0.3 is 5.97 Å². The summed E-state index contributed by atoms with van der Waals surface area (Å²) in [6.07, 6.45) is 4.30. The Morgan fingerprint density at radius 3 is 2.70 bits per heavy atom. The van der Waals surface area contributed by atoms with E-state index < -0.39 is 5.97 Å². The Bertz CT molecular complexity index is 507. The van der Waals surface area contributed by atoms with Crippen molar-refractivity contribution in [2.24, 2.45) is 5.92 Å². The molecule has 4 nitrogen and oxygen atoms in total. The number of carboxylic acid groups (broad SMARTS) is 1. The number of hydrogen-bond acceptors (Lipinski definition) is 3. The van der Waals surface area contributed by atoms with Crippen LogP contribution in [-0.4, -0.2) is 35.0 Å². The van der Waals surface area contributed by atoms with E-state index in [9.17, 15) is 9.59 Å². The van der Waals surface area contributed by atoms with Crippen molar-refractivity contribution in [2.75, 3.05) is 13.1 Å². The molecular formula is C15H21NO3S. The zero-order valence-corrected chi connectivity index (χ0v) is 12.8. The van der Waals surface area contributed by atoms with Gasteiger partial charge in [0.15, 0.2) is 0 Å². The van der Waals surface area contributed by atoms with Crippen LogP contribution in [0.25, 0.3) is 0 Å². The minimum atomic E-state index is -0.955. The average Bonchev–Trinajstić information content (AvgIpc) is 2.79. The highest BCUT2D eigenvalue weighted by Crippen LogP contribution is 2.31. The number of hydrogen-bond donors (Lipinski definition) is 1. The first-order valence-corrected chi connectivity index (χ1v) is 7.97. The van der Waals surface area contributed by atoms with Gasteiger partial charge in [-0.05, 0) is 37.2 Å². The van der Waals surface area contributed by atoms with Crippen LogP contribution in [0.2, 0.25) is 0 Å². The predicted octanol–water partition coefficient (Wildman–Crippen LogP) is 2.81. The Morgan fingerprint density at radius 1 is 1.35 bits per heavy atom. The first-order valence-electron chi connectivity index (χ1n) is 7.09. The molecule has 1 aliphatic rings. The molecule has 0 saturated carbocycles. The zero-order chi connectivity index (χ0) is 14.7. The van der Waals surface area contributed by atoms with Crippen molar-refractivity contribution in [3.05, 3.63) is 21.4 Å². The molecule has 1 N–H and O–H groups in total. The molecule has 2 rings (SSSR count). The minimum absolute atomic E-state index is 0.125. The maximum atomic E-state index is 12.6. The summed E-state index contributed by atoms with van der Waals surface area (Å²) in [5, 5.41) is 10.9. The summed E-state index contributed by atoms with van der Waals surface area (Å²) in [6, 6.07) is 0. The minimum Gasteiger partial charge on any atom is -0.480 e. The highest BCUT2D eigenvalue weighted by molar-refractivity contribution is 7.10. The molecule has 1 heterocycles. The largest absolute Gasteiger partial charge is 0.480 e. The Labute approximate surface area is 123 Å². The number of amides is 1. The predicted molar refractivity (Wildman–Crippen MR) is 79.3 cm³/mol. The number of thiophene rings is 1. The number of carbonyl (C=O) groups is 2. The van der Waals surface area contributed by atoms with Crippen molar-refractivity contribution in [3.8, 4) is 0 Å². The van der Waals surface area contributed by atoms with Gasteiger partial charge in [0.2, 0.25) is 0 Å². The molecule has 1 aromatic heterocycles. The van der Waals surface area contributed by atoms with Gasteiger partial charge in [-0.1, -0.05) is 13.8 Å². The van der Waals surface area contributed by atoms with Crippen molar-refractivity contribution in [1.29, 1.82) is 0 Å². The monoisotopic (exact) mass is 295 g/mol. The molecule has 5 heteroatoms. The van der Waals surface area contributed by atoms with E-state index in [1.165, 1.54) is 16.2 Å². The van der Waals surface area contributed by atoms with E-state index in [2.05, 4.69) is 0 Å². The van der Waals surface area contributed by atoms with Gasteiger partial charge in [-0.3, -0.25) is 9.59 Å². The van der Waals surface area contributed by atoms with Crippen LogP contribution in [0.3, 0.4) is 0 Å². The molecule has 1 amide bonds. The number of fused-ring (bicyclic) bond motifs is 1. The second-order valence-electron chi connectivity index (χ2n) is 5.73. The van der Waals surface area contributed by atoms with Crippen molar-refractivity contribution >= 4 is 23.2 Å². The number of nitrogens with zero attached hydrogens (tertiary/aromatic N) is 1.